The van der Waals surface area contributed by atoms with Gasteiger partial charge >= 0.3 is 0 Å². The Balaban J connectivity index is 0.00000176. The van der Waals surface area contributed by atoms with Crippen LogP contribution >= 0.6 is 23.7 Å². The summed E-state index contributed by atoms with van der Waals surface area (Å²) in [4.78, 5) is 3.76. The fourth-order valence-corrected chi connectivity index (χ4v) is 3.28. The van der Waals surface area contributed by atoms with Gasteiger partial charge in [0, 0.05) is 37.6 Å². The van der Waals surface area contributed by atoms with Crippen molar-refractivity contribution in [3.8, 4) is 0 Å². The molecule has 3 rings (SSSR count). The summed E-state index contributed by atoms with van der Waals surface area (Å²) >= 11 is 1.75. The highest BCUT2D eigenvalue weighted by Gasteiger charge is 2.15. The standard InChI is InChI=1S/C17H21N3S.ClH/c1-15-7-12-21-17(15)13-18-20-10-8-19(9-11-20)14-16-5-3-2-4-6-16;/h2-7,12-13H,8-11,14H2,1H3;1H. The molecule has 118 valence electrons. The van der Waals surface area contributed by atoms with Gasteiger partial charge < -0.3 is 0 Å². The van der Waals surface area contributed by atoms with Crippen LogP contribution in [0.2, 0.25) is 0 Å². The van der Waals surface area contributed by atoms with Crippen LogP contribution in [0, 0.1) is 6.92 Å². The normalized spacial score (nSPS) is 16.0. The van der Waals surface area contributed by atoms with Crippen molar-refractivity contribution in [3.63, 3.8) is 0 Å². The first kappa shape index (κ1) is 17.0. The predicted molar refractivity (Wildman–Crippen MR) is 97.2 cm³/mol. The van der Waals surface area contributed by atoms with Gasteiger partial charge in [-0.25, -0.2) is 0 Å². The van der Waals surface area contributed by atoms with E-state index in [1.54, 1.807) is 11.3 Å². The number of hydrazone groups is 1. The third kappa shape index (κ3) is 4.57. The number of nitrogens with zero attached hydrogens (tertiary/aromatic N) is 3. The van der Waals surface area contributed by atoms with Crippen LogP contribution in [0.1, 0.15) is 16.0 Å². The van der Waals surface area contributed by atoms with Gasteiger partial charge in [-0.05, 0) is 29.5 Å². The van der Waals surface area contributed by atoms with Gasteiger partial charge in [-0.3, -0.25) is 9.91 Å². The number of aryl methyl sites for hydroxylation is 1. The van der Waals surface area contributed by atoms with E-state index < -0.39 is 0 Å². The van der Waals surface area contributed by atoms with Crippen LogP contribution < -0.4 is 0 Å². The molecule has 1 aromatic carbocycles. The zero-order chi connectivity index (χ0) is 14.5. The Kier molecular flexibility index (Phi) is 6.43. The zero-order valence-corrected chi connectivity index (χ0v) is 14.4. The van der Waals surface area contributed by atoms with Gasteiger partial charge in [0.05, 0.1) is 6.21 Å². The van der Waals surface area contributed by atoms with E-state index in [0.29, 0.717) is 0 Å². The van der Waals surface area contributed by atoms with Crippen molar-refractivity contribution in [1.82, 2.24) is 9.91 Å². The molecule has 3 nitrogen and oxygen atoms in total. The molecule has 5 heteroatoms. The molecular formula is C17H22ClN3S. The molecule has 22 heavy (non-hydrogen) atoms. The number of halogens is 1. The molecule has 0 aliphatic carbocycles. The van der Waals surface area contributed by atoms with Crippen molar-refractivity contribution >= 4 is 30.0 Å². The highest BCUT2D eigenvalue weighted by atomic mass is 35.5. The lowest BCUT2D eigenvalue weighted by Gasteiger charge is -2.33. The summed E-state index contributed by atoms with van der Waals surface area (Å²) in [7, 11) is 0. The highest BCUT2D eigenvalue weighted by molar-refractivity contribution is 7.11. The quantitative estimate of drug-likeness (QED) is 0.794. The Hall–Kier alpha value is -1.36. The van der Waals surface area contributed by atoms with Gasteiger partial charge in [-0.15, -0.1) is 23.7 Å². The van der Waals surface area contributed by atoms with Crippen LogP contribution in [-0.2, 0) is 6.54 Å². The van der Waals surface area contributed by atoms with E-state index in [0.717, 1.165) is 32.7 Å². The van der Waals surface area contributed by atoms with Crippen molar-refractivity contribution in [1.29, 1.82) is 0 Å². The molecule has 0 spiro atoms. The molecule has 1 aromatic heterocycles. The van der Waals surface area contributed by atoms with Crippen molar-refractivity contribution in [2.75, 3.05) is 26.2 Å². The Labute approximate surface area is 142 Å². The predicted octanol–water partition coefficient (Wildman–Crippen LogP) is 3.63. The van der Waals surface area contributed by atoms with Gasteiger partial charge in [-0.1, -0.05) is 30.3 Å². The van der Waals surface area contributed by atoms with Crippen molar-refractivity contribution in [2.45, 2.75) is 13.5 Å². The molecular weight excluding hydrogens is 314 g/mol. The number of hydrogen-bond acceptors (Lipinski definition) is 4. The third-order valence-electron chi connectivity index (χ3n) is 3.84. The smallest absolute Gasteiger partial charge is 0.0645 e. The second kappa shape index (κ2) is 8.32. The van der Waals surface area contributed by atoms with Crippen molar-refractivity contribution < 1.29 is 0 Å². The van der Waals surface area contributed by atoms with Crippen LogP contribution in [0.3, 0.4) is 0 Å². The topological polar surface area (TPSA) is 18.8 Å². The van der Waals surface area contributed by atoms with E-state index >= 15 is 0 Å². The number of piperazine rings is 1. The first-order valence-corrected chi connectivity index (χ1v) is 8.28. The molecule has 0 bridgehead atoms. The largest absolute Gasteiger partial charge is 0.295 e. The van der Waals surface area contributed by atoms with Gasteiger partial charge in [-0.2, -0.15) is 5.10 Å². The van der Waals surface area contributed by atoms with E-state index in [-0.39, 0.29) is 12.4 Å². The number of thiophene rings is 1. The van der Waals surface area contributed by atoms with Crippen LogP contribution in [-0.4, -0.2) is 42.3 Å². The molecule has 2 heterocycles. The fraction of sp³-hybridized carbons (Fsp3) is 0.353. The van der Waals surface area contributed by atoms with Crippen LogP contribution in [0.5, 0.6) is 0 Å². The summed E-state index contributed by atoms with van der Waals surface area (Å²) in [6, 6.07) is 12.8. The van der Waals surface area contributed by atoms with E-state index in [1.165, 1.54) is 16.0 Å². The average Bonchev–Trinajstić information content (AvgIpc) is 2.93. The van der Waals surface area contributed by atoms with E-state index in [9.17, 15) is 0 Å². The minimum absolute atomic E-state index is 0. The maximum Gasteiger partial charge on any atom is 0.0645 e. The number of hydrogen-bond donors (Lipinski definition) is 0. The average molecular weight is 336 g/mol. The molecule has 2 aromatic rings. The minimum Gasteiger partial charge on any atom is -0.295 e. The monoisotopic (exact) mass is 335 g/mol. The number of benzene rings is 1. The molecule has 0 amide bonds. The second-order valence-electron chi connectivity index (χ2n) is 5.43. The lowest BCUT2D eigenvalue weighted by molar-refractivity contribution is 0.131. The first-order valence-electron chi connectivity index (χ1n) is 7.40. The fourth-order valence-electron chi connectivity index (χ4n) is 2.50. The highest BCUT2D eigenvalue weighted by Crippen LogP contribution is 2.13. The summed E-state index contributed by atoms with van der Waals surface area (Å²) in [6.07, 6.45) is 2.01. The summed E-state index contributed by atoms with van der Waals surface area (Å²) in [5.74, 6) is 0. The minimum atomic E-state index is 0. The second-order valence-corrected chi connectivity index (χ2v) is 6.38. The molecule has 0 unspecified atom stereocenters. The summed E-state index contributed by atoms with van der Waals surface area (Å²) in [6.45, 7) is 7.35. The maximum absolute atomic E-state index is 4.62. The van der Waals surface area contributed by atoms with E-state index in [2.05, 4.69) is 63.7 Å². The lowest BCUT2D eigenvalue weighted by Crippen LogP contribution is -2.43. The number of rotatable bonds is 4. The van der Waals surface area contributed by atoms with E-state index in [1.807, 2.05) is 6.21 Å². The molecule has 0 atom stereocenters. The maximum atomic E-state index is 4.62. The summed E-state index contributed by atoms with van der Waals surface area (Å²) < 4.78 is 0. The molecule has 1 aliphatic heterocycles. The summed E-state index contributed by atoms with van der Waals surface area (Å²) in [5, 5.41) is 8.92. The Morgan fingerprint density at radius 3 is 2.45 bits per heavy atom. The molecule has 1 saturated heterocycles. The third-order valence-corrected chi connectivity index (χ3v) is 4.79. The molecule has 1 aliphatic rings. The van der Waals surface area contributed by atoms with Crippen LogP contribution in [0.25, 0.3) is 0 Å². The molecule has 0 radical (unpaired) electrons. The Bertz CT molecular complexity index is 589. The van der Waals surface area contributed by atoms with E-state index in [4.69, 9.17) is 0 Å². The Morgan fingerprint density at radius 2 is 1.82 bits per heavy atom. The van der Waals surface area contributed by atoms with Crippen LogP contribution in [0.4, 0.5) is 0 Å². The molecule has 0 N–H and O–H groups in total. The van der Waals surface area contributed by atoms with Crippen molar-refractivity contribution in [3.05, 3.63) is 57.8 Å². The van der Waals surface area contributed by atoms with Gasteiger partial charge in [0.15, 0.2) is 0 Å². The van der Waals surface area contributed by atoms with Gasteiger partial charge in [0.25, 0.3) is 0 Å². The first-order chi connectivity index (χ1) is 10.3. The molecule has 1 fully saturated rings. The molecule has 0 saturated carbocycles. The van der Waals surface area contributed by atoms with Crippen molar-refractivity contribution in [2.24, 2.45) is 5.10 Å². The Morgan fingerprint density at radius 1 is 1.09 bits per heavy atom. The SMILES string of the molecule is Cc1ccsc1C=NN1CCN(Cc2ccccc2)CC1.Cl. The zero-order valence-electron chi connectivity index (χ0n) is 12.8. The lowest BCUT2D eigenvalue weighted by atomic mass is 10.2. The van der Waals surface area contributed by atoms with Crippen LogP contribution in [0.15, 0.2) is 46.9 Å². The van der Waals surface area contributed by atoms with Gasteiger partial charge in [0.2, 0.25) is 0 Å². The van der Waals surface area contributed by atoms with Gasteiger partial charge in [0.1, 0.15) is 0 Å². The summed E-state index contributed by atoms with van der Waals surface area (Å²) in [5.41, 5.74) is 2.70.